The third kappa shape index (κ3) is 3.47. The number of anilines is 1. The Bertz CT molecular complexity index is 611. The van der Waals surface area contributed by atoms with Crippen LogP contribution in [0.4, 0.5) is 10.1 Å². The van der Waals surface area contributed by atoms with Crippen LogP contribution in [0, 0.1) is 5.82 Å². The van der Waals surface area contributed by atoms with Gasteiger partial charge in [-0.15, -0.1) is 0 Å². The standard InChI is InChI=1S/C15H14FNO3/c16-11-3-6-14(13(9-11)15(19)20)17-8-7-10-1-4-12(18)5-2-10/h1-6,9,17-18H,7-8H2,(H,19,20). The van der Waals surface area contributed by atoms with Gasteiger partial charge in [-0.25, -0.2) is 9.18 Å². The lowest BCUT2D eigenvalue weighted by Crippen LogP contribution is -2.09. The van der Waals surface area contributed by atoms with E-state index in [-0.39, 0.29) is 11.3 Å². The van der Waals surface area contributed by atoms with E-state index in [9.17, 15) is 9.18 Å². The number of aromatic carboxylic acids is 1. The van der Waals surface area contributed by atoms with Gasteiger partial charge < -0.3 is 15.5 Å². The molecule has 2 aromatic rings. The molecule has 0 heterocycles. The number of aromatic hydroxyl groups is 1. The van der Waals surface area contributed by atoms with Gasteiger partial charge in [0.2, 0.25) is 0 Å². The van der Waals surface area contributed by atoms with Gasteiger partial charge in [-0.1, -0.05) is 12.1 Å². The zero-order valence-electron chi connectivity index (χ0n) is 10.6. The molecule has 0 aliphatic rings. The minimum Gasteiger partial charge on any atom is -0.508 e. The van der Waals surface area contributed by atoms with Crippen molar-refractivity contribution in [2.24, 2.45) is 0 Å². The number of nitrogens with one attached hydrogen (secondary N) is 1. The van der Waals surface area contributed by atoms with Crippen molar-refractivity contribution >= 4 is 11.7 Å². The Morgan fingerprint density at radius 3 is 2.50 bits per heavy atom. The Morgan fingerprint density at radius 2 is 1.85 bits per heavy atom. The summed E-state index contributed by atoms with van der Waals surface area (Å²) in [7, 11) is 0. The maximum absolute atomic E-state index is 13.0. The summed E-state index contributed by atoms with van der Waals surface area (Å²) in [6.07, 6.45) is 0.663. The molecule has 0 aliphatic heterocycles. The summed E-state index contributed by atoms with van der Waals surface area (Å²) in [5.74, 6) is -1.54. The Labute approximate surface area is 115 Å². The Kier molecular flexibility index (Phi) is 4.20. The molecule has 4 nitrogen and oxygen atoms in total. The van der Waals surface area contributed by atoms with Crippen LogP contribution >= 0.6 is 0 Å². The van der Waals surface area contributed by atoms with Crippen molar-refractivity contribution in [1.29, 1.82) is 0 Å². The minimum atomic E-state index is -1.17. The third-order valence-corrected chi connectivity index (χ3v) is 2.88. The molecule has 2 rings (SSSR count). The number of carboxylic acid groups (broad SMARTS) is 1. The van der Waals surface area contributed by atoms with E-state index in [2.05, 4.69) is 5.32 Å². The number of halogens is 1. The second kappa shape index (κ2) is 6.06. The van der Waals surface area contributed by atoms with Gasteiger partial charge in [-0.05, 0) is 42.3 Å². The monoisotopic (exact) mass is 275 g/mol. The van der Waals surface area contributed by atoms with Crippen molar-refractivity contribution in [1.82, 2.24) is 0 Å². The number of carboxylic acids is 1. The first-order valence-corrected chi connectivity index (χ1v) is 6.11. The van der Waals surface area contributed by atoms with Crippen molar-refractivity contribution in [2.45, 2.75) is 6.42 Å². The summed E-state index contributed by atoms with van der Waals surface area (Å²) in [5.41, 5.74) is 1.31. The van der Waals surface area contributed by atoms with E-state index in [1.807, 2.05) is 0 Å². The fraction of sp³-hybridized carbons (Fsp3) is 0.133. The maximum atomic E-state index is 13.0. The van der Waals surface area contributed by atoms with E-state index in [0.29, 0.717) is 18.7 Å². The zero-order chi connectivity index (χ0) is 14.5. The van der Waals surface area contributed by atoms with Gasteiger partial charge in [0.1, 0.15) is 11.6 Å². The number of rotatable bonds is 5. The smallest absolute Gasteiger partial charge is 0.337 e. The normalized spacial score (nSPS) is 10.2. The first-order valence-electron chi connectivity index (χ1n) is 6.11. The molecule has 0 aliphatic carbocycles. The fourth-order valence-corrected chi connectivity index (χ4v) is 1.85. The van der Waals surface area contributed by atoms with Gasteiger partial charge in [0.05, 0.1) is 5.56 Å². The van der Waals surface area contributed by atoms with Crippen LogP contribution in [-0.4, -0.2) is 22.7 Å². The lowest BCUT2D eigenvalue weighted by atomic mass is 10.1. The van der Waals surface area contributed by atoms with Crippen molar-refractivity contribution in [3.63, 3.8) is 0 Å². The van der Waals surface area contributed by atoms with Crippen molar-refractivity contribution in [3.05, 3.63) is 59.4 Å². The molecule has 0 atom stereocenters. The van der Waals surface area contributed by atoms with Gasteiger partial charge in [0.15, 0.2) is 0 Å². The van der Waals surface area contributed by atoms with Gasteiger partial charge in [0.25, 0.3) is 0 Å². The molecule has 0 radical (unpaired) electrons. The van der Waals surface area contributed by atoms with E-state index in [4.69, 9.17) is 10.2 Å². The molecule has 0 amide bonds. The highest BCUT2D eigenvalue weighted by Gasteiger charge is 2.10. The highest BCUT2D eigenvalue weighted by Crippen LogP contribution is 2.17. The largest absolute Gasteiger partial charge is 0.508 e. The first-order chi connectivity index (χ1) is 9.56. The second-order valence-electron chi connectivity index (χ2n) is 4.34. The highest BCUT2D eigenvalue weighted by molar-refractivity contribution is 5.94. The van der Waals surface area contributed by atoms with Crippen molar-refractivity contribution in [2.75, 3.05) is 11.9 Å². The molecule has 0 spiro atoms. The molecule has 104 valence electrons. The van der Waals surface area contributed by atoms with Crippen LogP contribution in [0.25, 0.3) is 0 Å². The number of phenolic OH excluding ortho intramolecular Hbond substituents is 1. The number of hydrogen-bond donors (Lipinski definition) is 3. The summed E-state index contributed by atoms with van der Waals surface area (Å²) >= 11 is 0. The van der Waals surface area contributed by atoms with Crippen LogP contribution in [0.15, 0.2) is 42.5 Å². The van der Waals surface area contributed by atoms with Crippen LogP contribution in [0.2, 0.25) is 0 Å². The molecule has 0 bridgehead atoms. The fourth-order valence-electron chi connectivity index (χ4n) is 1.85. The first kappa shape index (κ1) is 13.9. The van der Waals surface area contributed by atoms with Crippen molar-refractivity contribution < 1.29 is 19.4 Å². The van der Waals surface area contributed by atoms with Gasteiger partial charge in [-0.3, -0.25) is 0 Å². The molecule has 0 unspecified atom stereocenters. The Hall–Kier alpha value is -2.56. The third-order valence-electron chi connectivity index (χ3n) is 2.88. The summed E-state index contributed by atoms with van der Waals surface area (Å²) < 4.78 is 13.0. The second-order valence-corrected chi connectivity index (χ2v) is 4.34. The van der Waals surface area contributed by atoms with E-state index < -0.39 is 11.8 Å². The maximum Gasteiger partial charge on any atom is 0.337 e. The Balaban J connectivity index is 2.00. The quantitative estimate of drug-likeness (QED) is 0.784. The van der Waals surface area contributed by atoms with Crippen LogP contribution in [0.3, 0.4) is 0 Å². The summed E-state index contributed by atoms with van der Waals surface area (Å²) in [6.45, 7) is 0.511. The molecule has 0 aromatic heterocycles. The predicted molar refractivity (Wildman–Crippen MR) is 73.7 cm³/mol. The number of benzene rings is 2. The lowest BCUT2D eigenvalue weighted by molar-refractivity contribution is 0.0697. The van der Waals surface area contributed by atoms with Crippen LogP contribution in [-0.2, 0) is 6.42 Å². The van der Waals surface area contributed by atoms with E-state index in [1.165, 1.54) is 12.1 Å². The van der Waals surface area contributed by atoms with Crippen LogP contribution in [0.5, 0.6) is 5.75 Å². The minimum absolute atomic E-state index is 0.0873. The topological polar surface area (TPSA) is 69.6 Å². The average Bonchev–Trinajstić information content (AvgIpc) is 2.42. The van der Waals surface area contributed by atoms with Crippen LogP contribution in [0.1, 0.15) is 15.9 Å². The lowest BCUT2D eigenvalue weighted by Gasteiger charge is -2.09. The number of hydrogen-bond acceptors (Lipinski definition) is 3. The summed E-state index contributed by atoms with van der Waals surface area (Å²) in [5, 5.41) is 21.1. The van der Waals surface area contributed by atoms with Crippen LogP contribution < -0.4 is 5.32 Å². The number of carbonyl (C=O) groups is 1. The van der Waals surface area contributed by atoms with Gasteiger partial charge in [0, 0.05) is 12.2 Å². The van der Waals surface area contributed by atoms with Gasteiger partial charge >= 0.3 is 5.97 Å². The summed E-state index contributed by atoms with van der Waals surface area (Å²) in [6, 6.07) is 10.4. The SMILES string of the molecule is O=C(O)c1cc(F)ccc1NCCc1ccc(O)cc1. The molecule has 2 aromatic carbocycles. The van der Waals surface area contributed by atoms with Gasteiger partial charge in [-0.2, -0.15) is 0 Å². The van der Waals surface area contributed by atoms with Crippen molar-refractivity contribution in [3.8, 4) is 5.75 Å². The molecule has 5 heteroatoms. The predicted octanol–water partition coefficient (Wildman–Crippen LogP) is 2.88. The Morgan fingerprint density at radius 1 is 1.15 bits per heavy atom. The molecule has 0 saturated carbocycles. The highest BCUT2D eigenvalue weighted by atomic mass is 19.1. The van der Waals surface area contributed by atoms with E-state index in [0.717, 1.165) is 11.6 Å². The van der Waals surface area contributed by atoms with E-state index >= 15 is 0 Å². The molecule has 20 heavy (non-hydrogen) atoms. The molecule has 0 fully saturated rings. The zero-order valence-corrected chi connectivity index (χ0v) is 10.6. The molecule has 3 N–H and O–H groups in total. The number of phenols is 1. The molecule has 0 saturated heterocycles. The molecular formula is C15H14FNO3. The summed E-state index contributed by atoms with van der Waals surface area (Å²) in [4.78, 5) is 11.0. The molecular weight excluding hydrogens is 261 g/mol. The average molecular weight is 275 g/mol. The van der Waals surface area contributed by atoms with E-state index in [1.54, 1.807) is 24.3 Å².